The summed E-state index contributed by atoms with van der Waals surface area (Å²) in [5.41, 5.74) is -1.96. The monoisotopic (exact) mass is 458 g/mol. The van der Waals surface area contributed by atoms with Crippen molar-refractivity contribution in [2.45, 2.75) is 25.7 Å². The van der Waals surface area contributed by atoms with E-state index in [2.05, 4.69) is 9.47 Å². The van der Waals surface area contributed by atoms with Gasteiger partial charge in [0.2, 0.25) is 0 Å². The molecule has 0 aromatic heterocycles. The quantitative estimate of drug-likeness (QED) is 0.530. The highest BCUT2D eigenvalue weighted by Gasteiger charge is 2.41. The molecule has 1 fully saturated rings. The summed E-state index contributed by atoms with van der Waals surface area (Å²) in [7, 11) is 0. The first-order chi connectivity index (χ1) is 14.4. The van der Waals surface area contributed by atoms with E-state index in [1.165, 1.54) is 0 Å². The minimum Gasteiger partial charge on any atom is -0.429 e. The van der Waals surface area contributed by atoms with Gasteiger partial charge in [0, 0.05) is 17.5 Å². The van der Waals surface area contributed by atoms with Crippen molar-refractivity contribution < 1.29 is 54.1 Å². The molecular weight excluding hydrogens is 444 g/mol. The maximum absolute atomic E-state index is 14.4. The third-order valence-electron chi connectivity index (χ3n) is 4.12. The number of benzene rings is 2. The fraction of sp³-hybridized carbons (Fsp3) is 0.368. The van der Waals surface area contributed by atoms with Gasteiger partial charge in [-0.15, -0.1) is 13.2 Å². The van der Waals surface area contributed by atoms with Crippen molar-refractivity contribution in [3.8, 4) is 11.5 Å². The fourth-order valence-corrected chi connectivity index (χ4v) is 2.71. The molecule has 1 aliphatic rings. The summed E-state index contributed by atoms with van der Waals surface area (Å²) in [6, 6.07) is 2.49. The molecule has 0 unspecified atom stereocenters. The Morgan fingerprint density at radius 2 is 1.52 bits per heavy atom. The minimum atomic E-state index is -5.21. The first-order valence-corrected chi connectivity index (χ1v) is 8.71. The van der Waals surface area contributed by atoms with Gasteiger partial charge in [-0.2, -0.15) is 8.78 Å². The Hall–Kier alpha value is -2.60. The van der Waals surface area contributed by atoms with Gasteiger partial charge in [-0.1, -0.05) is 13.0 Å². The molecule has 0 atom stereocenters. The second kappa shape index (κ2) is 8.50. The molecule has 0 bridgehead atoms. The Morgan fingerprint density at radius 1 is 0.871 bits per heavy atom. The van der Waals surface area contributed by atoms with Gasteiger partial charge in [0.25, 0.3) is 0 Å². The molecule has 1 saturated heterocycles. The van der Waals surface area contributed by atoms with Crippen LogP contribution in [0.3, 0.4) is 0 Å². The van der Waals surface area contributed by atoms with Gasteiger partial charge in [0.15, 0.2) is 29.5 Å². The minimum absolute atomic E-state index is 0.00878. The van der Waals surface area contributed by atoms with Crippen molar-refractivity contribution in [1.29, 1.82) is 0 Å². The van der Waals surface area contributed by atoms with E-state index in [0.29, 0.717) is 18.2 Å². The van der Waals surface area contributed by atoms with E-state index in [1.54, 1.807) is 6.92 Å². The molecule has 170 valence electrons. The fourth-order valence-electron chi connectivity index (χ4n) is 2.71. The largest absolute Gasteiger partial charge is 0.573 e. The molecule has 1 heterocycles. The topological polar surface area (TPSA) is 36.9 Å². The Kier molecular flexibility index (Phi) is 6.33. The predicted molar refractivity (Wildman–Crippen MR) is 87.8 cm³/mol. The number of halogens is 8. The Bertz CT molecular complexity index is 939. The normalized spacial score (nSPS) is 19.9. The van der Waals surface area contributed by atoms with Gasteiger partial charge in [-0.25, -0.2) is 13.2 Å². The molecule has 4 nitrogen and oxygen atoms in total. The van der Waals surface area contributed by atoms with E-state index >= 15 is 0 Å². The molecule has 2 aromatic carbocycles. The van der Waals surface area contributed by atoms with Gasteiger partial charge in [-0.05, 0) is 18.2 Å². The summed E-state index contributed by atoms with van der Waals surface area (Å²) in [6.07, 6.45) is -11.0. The Balaban J connectivity index is 1.82. The number of alkyl halides is 5. The summed E-state index contributed by atoms with van der Waals surface area (Å²) in [5.74, 6) is -7.49. The lowest BCUT2D eigenvalue weighted by Gasteiger charge is -2.28. The van der Waals surface area contributed by atoms with Crippen molar-refractivity contribution in [2.24, 2.45) is 5.92 Å². The average Bonchev–Trinajstić information content (AvgIpc) is 2.65. The first-order valence-electron chi connectivity index (χ1n) is 8.71. The third kappa shape index (κ3) is 5.37. The van der Waals surface area contributed by atoms with Crippen molar-refractivity contribution >= 4 is 0 Å². The van der Waals surface area contributed by atoms with Crippen molar-refractivity contribution in [1.82, 2.24) is 0 Å². The van der Waals surface area contributed by atoms with E-state index in [9.17, 15) is 35.1 Å². The zero-order valence-electron chi connectivity index (χ0n) is 15.6. The molecule has 0 aliphatic carbocycles. The van der Waals surface area contributed by atoms with Crippen LogP contribution in [0.5, 0.6) is 11.5 Å². The Labute approximate surface area is 170 Å². The highest BCUT2D eigenvalue weighted by molar-refractivity contribution is 5.35. The second-order valence-corrected chi connectivity index (χ2v) is 6.69. The van der Waals surface area contributed by atoms with E-state index in [4.69, 9.17) is 9.47 Å². The molecule has 2 aromatic rings. The van der Waals surface area contributed by atoms with Crippen LogP contribution in [0.2, 0.25) is 0 Å². The molecule has 0 amide bonds. The Morgan fingerprint density at radius 3 is 2.10 bits per heavy atom. The molecular formula is C19H14F8O4. The SMILES string of the molecule is CC1COC(c2ccc(C(F)(F)Oc3ccc(OC(F)(F)F)c(F)c3)c(F)c2F)OC1. The summed E-state index contributed by atoms with van der Waals surface area (Å²) in [4.78, 5) is 0. The van der Waals surface area contributed by atoms with Crippen LogP contribution in [0.15, 0.2) is 30.3 Å². The molecule has 1 aliphatic heterocycles. The average molecular weight is 458 g/mol. The lowest BCUT2D eigenvalue weighted by atomic mass is 10.1. The van der Waals surface area contributed by atoms with Crippen molar-refractivity contribution in [3.63, 3.8) is 0 Å². The predicted octanol–water partition coefficient (Wildman–Crippen LogP) is 5.81. The molecule has 0 radical (unpaired) electrons. The maximum atomic E-state index is 14.4. The zero-order chi connectivity index (χ0) is 23.0. The first kappa shape index (κ1) is 23.1. The lowest BCUT2D eigenvalue weighted by molar-refractivity contribution is -0.275. The summed E-state index contributed by atoms with van der Waals surface area (Å²) < 4.78 is 126. The van der Waals surface area contributed by atoms with Crippen molar-refractivity contribution in [2.75, 3.05) is 13.2 Å². The number of hydrogen-bond acceptors (Lipinski definition) is 4. The smallest absolute Gasteiger partial charge is 0.429 e. The van der Waals surface area contributed by atoms with Gasteiger partial charge >= 0.3 is 12.5 Å². The van der Waals surface area contributed by atoms with E-state index in [1.807, 2.05) is 0 Å². The molecule has 0 saturated carbocycles. The zero-order valence-corrected chi connectivity index (χ0v) is 15.6. The molecule has 0 spiro atoms. The second-order valence-electron chi connectivity index (χ2n) is 6.69. The van der Waals surface area contributed by atoms with E-state index < -0.39 is 58.8 Å². The van der Waals surface area contributed by atoms with Gasteiger partial charge in [0.05, 0.1) is 13.2 Å². The highest BCUT2D eigenvalue weighted by Crippen LogP contribution is 2.38. The van der Waals surface area contributed by atoms with Crippen LogP contribution >= 0.6 is 0 Å². The van der Waals surface area contributed by atoms with Crippen LogP contribution in [0, 0.1) is 23.4 Å². The van der Waals surface area contributed by atoms with Gasteiger partial charge in [-0.3, -0.25) is 0 Å². The number of hydrogen-bond donors (Lipinski definition) is 0. The third-order valence-corrected chi connectivity index (χ3v) is 4.12. The van der Waals surface area contributed by atoms with Crippen molar-refractivity contribution in [3.05, 3.63) is 58.9 Å². The standard InChI is InChI=1S/C19H14F8O4/c1-9-7-28-17(29-8-9)11-3-4-12(16(22)15(11)21)18(23,24)30-10-2-5-14(13(20)6-10)31-19(25,26)27/h2-6,9,17H,7-8H2,1H3. The van der Waals surface area contributed by atoms with Crippen LogP contribution in [-0.4, -0.2) is 19.6 Å². The van der Waals surface area contributed by atoms with Gasteiger partial charge < -0.3 is 18.9 Å². The summed E-state index contributed by atoms with van der Waals surface area (Å²) >= 11 is 0. The van der Waals surface area contributed by atoms with E-state index in [0.717, 1.165) is 6.07 Å². The number of ether oxygens (including phenoxy) is 4. The van der Waals surface area contributed by atoms with Crippen LogP contribution in [0.4, 0.5) is 35.1 Å². The van der Waals surface area contributed by atoms with Crippen LogP contribution in [0.25, 0.3) is 0 Å². The van der Waals surface area contributed by atoms with E-state index in [-0.39, 0.29) is 25.2 Å². The maximum Gasteiger partial charge on any atom is 0.573 e. The molecule has 12 heteroatoms. The molecule has 0 N–H and O–H groups in total. The molecule has 3 rings (SSSR count). The number of rotatable bonds is 5. The molecule has 31 heavy (non-hydrogen) atoms. The lowest BCUT2D eigenvalue weighted by Crippen LogP contribution is -2.27. The highest BCUT2D eigenvalue weighted by atomic mass is 19.4. The summed E-state index contributed by atoms with van der Waals surface area (Å²) in [6.45, 7) is 2.16. The van der Waals surface area contributed by atoms with Gasteiger partial charge in [0.1, 0.15) is 11.3 Å². The van der Waals surface area contributed by atoms with Crippen LogP contribution in [-0.2, 0) is 15.6 Å². The van der Waals surface area contributed by atoms with Crippen LogP contribution in [0.1, 0.15) is 24.3 Å². The van der Waals surface area contributed by atoms with Crippen LogP contribution < -0.4 is 9.47 Å². The summed E-state index contributed by atoms with van der Waals surface area (Å²) in [5, 5.41) is 0.